The Hall–Kier alpha value is -1.17. The van der Waals surface area contributed by atoms with Crippen molar-refractivity contribution in [2.24, 2.45) is 0 Å². The minimum atomic E-state index is -0.793. The fourth-order valence-corrected chi connectivity index (χ4v) is 3.34. The van der Waals surface area contributed by atoms with Crippen molar-refractivity contribution in [1.82, 2.24) is 9.97 Å². The summed E-state index contributed by atoms with van der Waals surface area (Å²) in [4.78, 5) is 10.8. The largest absolute Gasteiger partial charge is 0.472 e. The number of rotatable bonds is 3. The van der Waals surface area contributed by atoms with E-state index in [1.54, 1.807) is 12.4 Å². The lowest BCUT2D eigenvalue weighted by molar-refractivity contribution is 0.232. The van der Waals surface area contributed by atoms with Crippen LogP contribution in [0.25, 0.3) is 0 Å². The van der Waals surface area contributed by atoms with Crippen LogP contribution < -0.4 is 9.64 Å². The van der Waals surface area contributed by atoms with Gasteiger partial charge in [0, 0.05) is 42.0 Å². The number of hydrogen-bond donors (Lipinski definition) is 0. The molecule has 1 fully saturated rings. The summed E-state index contributed by atoms with van der Waals surface area (Å²) in [5.41, 5.74) is 0. The quantitative estimate of drug-likeness (QED) is 0.843. The molecular weight excluding hydrogens is 262 g/mol. The Balaban J connectivity index is 2.25. The smallest absolute Gasteiger partial charge is 0.257 e. The molecule has 1 aromatic heterocycles. The number of nitrogens with zero attached hydrogens (tertiary/aromatic N) is 3. The van der Waals surface area contributed by atoms with E-state index in [1.807, 2.05) is 27.7 Å². The molecule has 5 nitrogen and oxygen atoms in total. The van der Waals surface area contributed by atoms with Crippen LogP contribution >= 0.6 is 0 Å². The predicted molar refractivity (Wildman–Crippen MR) is 77.1 cm³/mol. The Morgan fingerprint density at radius 3 is 2.68 bits per heavy atom. The molecule has 1 atom stereocenters. The first-order chi connectivity index (χ1) is 8.90. The van der Waals surface area contributed by atoms with Gasteiger partial charge < -0.3 is 9.64 Å². The molecular formula is C13H21N3O2S. The molecule has 1 aromatic rings. The Bertz CT molecular complexity index is 477. The highest BCUT2D eigenvalue weighted by Crippen LogP contribution is 2.29. The summed E-state index contributed by atoms with van der Waals surface area (Å²) in [5, 5.41) is 0. The van der Waals surface area contributed by atoms with E-state index in [9.17, 15) is 4.21 Å². The Morgan fingerprint density at radius 1 is 1.37 bits per heavy atom. The van der Waals surface area contributed by atoms with Crippen LogP contribution in [0.4, 0.5) is 5.82 Å². The zero-order valence-electron chi connectivity index (χ0n) is 11.9. The van der Waals surface area contributed by atoms with E-state index in [0.29, 0.717) is 18.2 Å². The fourth-order valence-electron chi connectivity index (χ4n) is 2.10. The molecule has 6 heteroatoms. The summed E-state index contributed by atoms with van der Waals surface area (Å²) in [6, 6.07) is 0. The van der Waals surface area contributed by atoms with Crippen LogP contribution in [0.2, 0.25) is 0 Å². The molecule has 2 heterocycles. The van der Waals surface area contributed by atoms with Gasteiger partial charge in [-0.15, -0.1) is 0 Å². The van der Waals surface area contributed by atoms with Crippen LogP contribution in [0, 0.1) is 0 Å². The number of hydrogen-bond acceptors (Lipinski definition) is 5. The number of aromatic nitrogens is 2. The molecule has 0 saturated carbocycles. The van der Waals surface area contributed by atoms with E-state index < -0.39 is 10.8 Å². The Labute approximate surface area is 116 Å². The zero-order chi connectivity index (χ0) is 14.0. The number of ether oxygens (including phenoxy) is 1. The van der Waals surface area contributed by atoms with E-state index >= 15 is 0 Å². The molecule has 0 N–H and O–H groups in total. The summed E-state index contributed by atoms with van der Waals surface area (Å²) >= 11 is 0. The first-order valence-corrected chi connectivity index (χ1v) is 7.83. The molecule has 0 unspecified atom stereocenters. The van der Waals surface area contributed by atoms with Crippen LogP contribution in [-0.2, 0) is 10.8 Å². The normalized spacial score (nSPS) is 22.6. The molecule has 0 aliphatic carbocycles. The van der Waals surface area contributed by atoms with Crippen molar-refractivity contribution in [1.29, 1.82) is 0 Å². The third kappa shape index (κ3) is 3.23. The van der Waals surface area contributed by atoms with Gasteiger partial charge in [0.2, 0.25) is 0 Å². The second-order valence-corrected chi connectivity index (χ2v) is 7.79. The van der Waals surface area contributed by atoms with Gasteiger partial charge >= 0.3 is 0 Å². The molecule has 19 heavy (non-hydrogen) atoms. The average molecular weight is 283 g/mol. The van der Waals surface area contributed by atoms with E-state index in [1.165, 1.54) is 0 Å². The first kappa shape index (κ1) is 14.2. The first-order valence-electron chi connectivity index (χ1n) is 6.51. The third-order valence-corrected chi connectivity index (χ3v) is 4.94. The maximum Gasteiger partial charge on any atom is 0.257 e. The van der Waals surface area contributed by atoms with Gasteiger partial charge in [-0.1, -0.05) is 0 Å². The molecule has 0 spiro atoms. The lowest BCUT2D eigenvalue weighted by atomic mass is 10.2. The lowest BCUT2D eigenvalue weighted by Gasteiger charge is -2.38. The third-order valence-electron chi connectivity index (χ3n) is 3.03. The second kappa shape index (κ2) is 5.45. The highest BCUT2D eigenvalue weighted by atomic mass is 32.2. The Kier molecular flexibility index (Phi) is 4.08. The van der Waals surface area contributed by atoms with Gasteiger partial charge in [-0.25, -0.2) is 9.97 Å². The molecule has 0 bridgehead atoms. The highest BCUT2D eigenvalue weighted by molar-refractivity contribution is 7.86. The van der Waals surface area contributed by atoms with Crippen molar-refractivity contribution in [2.75, 3.05) is 23.7 Å². The molecule has 1 aliphatic heterocycles. The van der Waals surface area contributed by atoms with Crippen molar-refractivity contribution in [3.63, 3.8) is 0 Å². The van der Waals surface area contributed by atoms with Crippen molar-refractivity contribution in [3.8, 4) is 5.88 Å². The van der Waals surface area contributed by atoms with Crippen LogP contribution in [0.15, 0.2) is 12.4 Å². The summed E-state index contributed by atoms with van der Waals surface area (Å²) < 4.78 is 17.4. The minimum Gasteiger partial charge on any atom is -0.472 e. The van der Waals surface area contributed by atoms with Gasteiger partial charge in [0.25, 0.3) is 5.88 Å². The van der Waals surface area contributed by atoms with Crippen LogP contribution in [-0.4, -0.2) is 43.9 Å². The predicted octanol–water partition coefficient (Wildman–Crippen LogP) is 1.61. The average Bonchev–Trinajstić information content (AvgIpc) is 2.33. The maximum atomic E-state index is 12.0. The monoisotopic (exact) mass is 283 g/mol. The Morgan fingerprint density at radius 2 is 2.05 bits per heavy atom. The fraction of sp³-hybridized carbons (Fsp3) is 0.692. The highest BCUT2D eigenvalue weighted by Gasteiger charge is 2.34. The molecule has 0 aromatic carbocycles. The van der Waals surface area contributed by atoms with Gasteiger partial charge in [0.1, 0.15) is 0 Å². The van der Waals surface area contributed by atoms with Crippen LogP contribution in [0.5, 0.6) is 5.88 Å². The van der Waals surface area contributed by atoms with Gasteiger partial charge in [-0.3, -0.25) is 4.21 Å². The molecule has 1 saturated heterocycles. The SMILES string of the molecule is CC(C)Oc1nccnc1N1CC[S@](=O)C(C)(C)C1. The topological polar surface area (TPSA) is 55.3 Å². The second-order valence-electron chi connectivity index (χ2n) is 5.58. The van der Waals surface area contributed by atoms with Crippen molar-refractivity contribution in [3.05, 3.63) is 12.4 Å². The van der Waals surface area contributed by atoms with Crippen molar-refractivity contribution < 1.29 is 8.95 Å². The van der Waals surface area contributed by atoms with Gasteiger partial charge in [0.05, 0.1) is 10.9 Å². The van der Waals surface area contributed by atoms with E-state index in [-0.39, 0.29) is 10.9 Å². The van der Waals surface area contributed by atoms with Gasteiger partial charge in [-0.05, 0) is 27.7 Å². The maximum absolute atomic E-state index is 12.0. The molecule has 106 valence electrons. The van der Waals surface area contributed by atoms with E-state index in [0.717, 1.165) is 12.4 Å². The van der Waals surface area contributed by atoms with Crippen LogP contribution in [0.3, 0.4) is 0 Å². The van der Waals surface area contributed by atoms with E-state index in [2.05, 4.69) is 14.9 Å². The summed E-state index contributed by atoms with van der Waals surface area (Å²) in [6.45, 7) is 9.40. The summed E-state index contributed by atoms with van der Waals surface area (Å²) in [6.07, 6.45) is 3.36. The van der Waals surface area contributed by atoms with Crippen molar-refractivity contribution in [2.45, 2.75) is 38.5 Å². The lowest BCUT2D eigenvalue weighted by Crippen LogP contribution is -2.50. The van der Waals surface area contributed by atoms with Crippen molar-refractivity contribution >= 4 is 16.6 Å². The van der Waals surface area contributed by atoms with E-state index in [4.69, 9.17) is 4.74 Å². The minimum absolute atomic E-state index is 0.0578. The summed E-state index contributed by atoms with van der Waals surface area (Å²) in [5.74, 6) is 1.96. The summed E-state index contributed by atoms with van der Waals surface area (Å²) in [7, 11) is -0.793. The molecule has 0 radical (unpaired) electrons. The standard InChI is InChI=1S/C13H21N3O2S/c1-10(2)18-12-11(14-5-6-15-12)16-7-8-19(17)13(3,4)9-16/h5-6,10H,7-9H2,1-4H3/t19-/m0/s1. The number of anilines is 1. The molecule has 2 rings (SSSR count). The van der Waals surface area contributed by atoms with Gasteiger partial charge in [0.15, 0.2) is 5.82 Å². The van der Waals surface area contributed by atoms with Crippen LogP contribution in [0.1, 0.15) is 27.7 Å². The molecule has 0 amide bonds. The van der Waals surface area contributed by atoms with Gasteiger partial charge in [-0.2, -0.15) is 0 Å². The molecule has 1 aliphatic rings. The zero-order valence-corrected chi connectivity index (χ0v) is 12.7.